The summed E-state index contributed by atoms with van der Waals surface area (Å²) in [6.07, 6.45) is 3.91. The van der Waals surface area contributed by atoms with Gasteiger partial charge in [0.2, 0.25) is 5.91 Å². The number of allylic oxidation sites excluding steroid dienone is 1. The van der Waals surface area contributed by atoms with Crippen LogP contribution in [0.3, 0.4) is 0 Å². The molecule has 0 saturated carbocycles. The number of rotatable bonds is 7. The summed E-state index contributed by atoms with van der Waals surface area (Å²) in [7, 11) is 0. The van der Waals surface area contributed by atoms with Gasteiger partial charge in [-0.15, -0.1) is 11.3 Å². The van der Waals surface area contributed by atoms with Crippen molar-refractivity contribution in [3.63, 3.8) is 0 Å². The van der Waals surface area contributed by atoms with Crippen LogP contribution in [0.5, 0.6) is 0 Å². The summed E-state index contributed by atoms with van der Waals surface area (Å²) in [5, 5.41) is 1.88. The van der Waals surface area contributed by atoms with Gasteiger partial charge in [-0.05, 0) is 42.2 Å². The minimum absolute atomic E-state index is 0.0867. The molecule has 3 aromatic rings. The molecule has 0 N–H and O–H groups in total. The lowest BCUT2D eigenvalue weighted by Gasteiger charge is -2.18. The molecule has 0 spiro atoms. The first-order chi connectivity index (χ1) is 14.7. The summed E-state index contributed by atoms with van der Waals surface area (Å²) in [6.45, 7) is 5.55. The van der Waals surface area contributed by atoms with Gasteiger partial charge in [0.1, 0.15) is 11.6 Å². The summed E-state index contributed by atoms with van der Waals surface area (Å²) in [4.78, 5) is 29.9. The van der Waals surface area contributed by atoms with Crippen LogP contribution in [-0.4, -0.2) is 16.7 Å². The van der Waals surface area contributed by atoms with E-state index in [4.69, 9.17) is 0 Å². The number of hydrogen-bond donors (Lipinski definition) is 0. The van der Waals surface area contributed by atoms with E-state index in [1.165, 1.54) is 24.6 Å². The molecule has 0 aliphatic carbocycles. The maximum atomic E-state index is 14.2. The zero-order valence-corrected chi connectivity index (χ0v) is 18.2. The highest BCUT2D eigenvalue weighted by molar-refractivity contribution is 7.14. The molecule has 7 heteroatoms. The summed E-state index contributed by atoms with van der Waals surface area (Å²) in [5.41, 5.74) is 2.12. The molecule has 0 unspecified atom stereocenters. The minimum atomic E-state index is -0.862. The van der Waals surface area contributed by atoms with Crippen LogP contribution in [0.1, 0.15) is 42.4 Å². The number of ketones is 1. The standard InChI is InChI=1S/C24H22F2N2O2S/c1-15(2)12-17-4-6-18(7-5-17)23(30)11-9-20-14-31-24(27-20)28(16(3)29)22-10-8-19(25)13-21(22)26/h4-11,13-15H,12H2,1-3H3/b11-9+. The average Bonchev–Trinajstić information content (AvgIpc) is 3.16. The zero-order valence-electron chi connectivity index (χ0n) is 17.4. The van der Waals surface area contributed by atoms with Crippen molar-refractivity contribution in [2.24, 2.45) is 5.92 Å². The molecule has 0 aliphatic rings. The number of carbonyl (C=O) groups is 2. The number of nitrogens with zero attached hydrogens (tertiary/aromatic N) is 2. The maximum Gasteiger partial charge on any atom is 0.230 e. The van der Waals surface area contributed by atoms with E-state index in [0.717, 1.165) is 28.7 Å². The van der Waals surface area contributed by atoms with Gasteiger partial charge >= 0.3 is 0 Å². The second-order valence-corrected chi connectivity index (χ2v) is 8.33. The first kappa shape index (κ1) is 22.5. The Hall–Kier alpha value is -3.19. The Morgan fingerprint density at radius 2 is 1.84 bits per heavy atom. The molecule has 160 valence electrons. The highest BCUT2D eigenvalue weighted by atomic mass is 32.1. The monoisotopic (exact) mass is 440 g/mol. The van der Waals surface area contributed by atoms with Gasteiger partial charge in [-0.1, -0.05) is 38.1 Å². The largest absolute Gasteiger partial charge is 0.289 e. The van der Waals surface area contributed by atoms with Crippen LogP contribution in [-0.2, 0) is 11.2 Å². The number of thiazole rings is 1. The third-order valence-corrected chi connectivity index (χ3v) is 5.30. The summed E-state index contributed by atoms with van der Waals surface area (Å²) < 4.78 is 27.4. The molecular formula is C24H22F2N2O2S. The van der Waals surface area contributed by atoms with E-state index in [9.17, 15) is 18.4 Å². The molecule has 1 heterocycles. The number of hydrogen-bond acceptors (Lipinski definition) is 4. The van der Waals surface area contributed by atoms with E-state index in [-0.39, 0.29) is 16.6 Å². The third-order valence-electron chi connectivity index (χ3n) is 4.45. The third kappa shape index (κ3) is 5.70. The van der Waals surface area contributed by atoms with Crippen molar-refractivity contribution in [2.75, 3.05) is 4.90 Å². The van der Waals surface area contributed by atoms with Gasteiger partial charge in [-0.2, -0.15) is 0 Å². The van der Waals surface area contributed by atoms with Crippen LogP contribution < -0.4 is 4.90 Å². The van der Waals surface area contributed by atoms with Gasteiger partial charge in [-0.25, -0.2) is 13.8 Å². The first-order valence-corrected chi connectivity index (χ1v) is 10.6. The molecule has 3 rings (SSSR count). The van der Waals surface area contributed by atoms with Crippen molar-refractivity contribution in [2.45, 2.75) is 27.2 Å². The van der Waals surface area contributed by atoms with E-state index in [0.29, 0.717) is 23.2 Å². The van der Waals surface area contributed by atoms with Crippen molar-refractivity contribution in [3.05, 3.63) is 82.4 Å². The van der Waals surface area contributed by atoms with Crippen LogP contribution in [0.2, 0.25) is 0 Å². The van der Waals surface area contributed by atoms with E-state index in [1.54, 1.807) is 23.6 Å². The topological polar surface area (TPSA) is 50.3 Å². The van der Waals surface area contributed by atoms with Crippen molar-refractivity contribution >= 4 is 39.9 Å². The quantitative estimate of drug-likeness (QED) is 0.325. The zero-order chi connectivity index (χ0) is 22.5. The number of benzene rings is 2. The highest BCUT2D eigenvalue weighted by Gasteiger charge is 2.21. The van der Waals surface area contributed by atoms with Gasteiger partial charge in [-0.3, -0.25) is 14.5 Å². The van der Waals surface area contributed by atoms with Crippen LogP contribution >= 0.6 is 11.3 Å². The van der Waals surface area contributed by atoms with Gasteiger partial charge in [0.25, 0.3) is 0 Å². The van der Waals surface area contributed by atoms with Crippen molar-refractivity contribution in [1.29, 1.82) is 0 Å². The Balaban J connectivity index is 1.77. The Bertz CT molecular complexity index is 1120. The molecule has 2 aromatic carbocycles. The lowest BCUT2D eigenvalue weighted by molar-refractivity contribution is -0.115. The molecular weight excluding hydrogens is 418 g/mol. The molecule has 0 saturated heterocycles. The second-order valence-electron chi connectivity index (χ2n) is 7.50. The van der Waals surface area contributed by atoms with Crippen molar-refractivity contribution < 1.29 is 18.4 Å². The molecule has 0 atom stereocenters. The molecule has 31 heavy (non-hydrogen) atoms. The minimum Gasteiger partial charge on any atom is -0.289 e. The maximum absolute atomic E-state index is 14.2. The Kier molecular flexibility index (Phi) is 7.07. The van der Waals surface area contributed by atoms with Gasteiger partial charge < -0.3 is 0 Å². The molecule has 0 radical (unpaired) electrons. The van der Waals surface area contributed by atoms with Gasteiger partial charge in [0.15, 0.2) is 10.9 Å². The Morgan fingerprint density at radius 3 is 2.45 bits per heavy atom. The van der Waals surface area contributed by atoms with Crippen molar-refractivity contribution in [1.82, 2.24) is 4.98 Å². The summed E-state index contributed by atoms with van der Waals surface area (Å²) in [6, 6.07) is 10.5. The molecule has 0 aliphatic heterocycles. The Labute approximate surface area is 183 Å². The fourth-order valence-corrected chi connectivity index (χ4v) is 3.91. The SMILES string of the molecule is CC(=O)N(c1nc(/C=C/C(=O)c2ccc(CC(C)C)cc2)cs1)c1ccc(F)cc1F. The number of aromatic nitrogens is 1. The van der Waals surface area contributed by atoms with E-state index >= 15 is 0 Å². The number of carbonyl (C=O) groups excluding carboxylic acids is 2. The summed E-state index contributed by atoms with van der Waals surface area (Å²) in [5.74, 6) is -1.69. The predicted molar refractivity (Wildman–Crippen MR) is 120 cm³/mol. The van der Waals surface area contributed by atoms with Crippen LogP contribution in [0.15, 0.2) is 53.9 Å². The van der Waals surface area contributed by atoms with Crippen LogP contribution in [0.4, 0.5) is 19.6 Å². The Morgan fingerprint density at radius 1 is 1.13 bits per heavy atom. The highest BCUT2D eigenvalue weighted by Crippen LogP contribution is 2.31. The predicted octanol–water partition coefficient (Wildman–Crippen LogP) is 6.20. The smallest absolute Gasteiger partial charge is 0.230 e. The average molecular weight is 441 g/mol. The van der Waals surface area contributed by atoms with E-state index in [2.05, 4.69) is 18.8 Å². The first-order valence-electron chi connectivity index (χ1n) is 9.77. The summed E-state index contributed by atoms with van der Waals surface area (Å²) >= 11 is 1.12. The lowest BCUT2D eigenvalue weighted by Crippen LogP contribution is -2.23. The molecule has 1 aromatic heterocycles. The van der Waals surface area contributed by atoms with Gasteiger partial charge in [0.05, 0.1) is 11.4 Å². The fraction of sp³-hybridized carbons (Fsp3) is 0.208. The molecule has 0 bridgehead atoms. The van der Waals surface area contributed by atoms with E-state index in [1.807, 2.05) is 12.1 Å². The van der Waals surface area contributed by atoms with E-state index < -0.39 is 17.5 Å². The number of anilines is 2. The second kappa shape index (κ2) is 9.75. The van der Waals surface area contributed by atoms with Crippen LogP contribution in [0.25, 0.3) is 6.08 Å². The molecule has 1 amide bonds. The van der Waals surface area contributed by atoms with Crippen molar-refractivity contribution in [3.8, 4) is 0 Å². The van der Waals surface area contributed by atoms with Crippen LogP contribution in [0, 0.1) is 17.6 Å². The normalized spacial score (nSPS) is 11.3. The number of halogens is 2. The lowest BCUT2D eigenvalue weighted by atomic mass is 10.0. The number of amides is 1. The van der Waals surface area contributed by atoms with Gasteiger partial charge in [0, 0.05) is 23.9 Å². The molecule has 4 nitrogen and oxygen atoms in total. The fourth-order valence-electron chi connectivity index (χ4n) is 3.06. The molecule has 0 fully saturated rings.